The molecular formula is C21H24N2O3. The number of carbonyl (C=O) groups excluding carboxylic acids is 1. The third-order valence-corrected chi connectivity index (χ3v) is 4.58. The first-order valence-electron chi connectivity index (χ1n) is 8.78. The summed E-state index contributed by atoms with van der Waals surface area (Å²) in [7, 11) is 1.39. The van der Waals surface area contributed by atoms with E-state index in [0.717, 1.165) is 27.7 Å². The van der Waals surface area contributed by atoms with Crippen molar-refractivity contribution in [3.05, 3.63) is 58.6 Å². The van der Waals surface area contributed by atoms with Gasteiger partial charge in [0.05, 0.1) is 7.11 Å². The number of methoxy groups -OCH3 is 1. The van der Waals surface area contributed by atoms with E-state index in [2.05, 4.69) is 13.8 Å². The number of aromatic nitrogens is 2. The van der Waals surface area contributed by atoms with Gasteiger partial charge in [-0.25, -0.2) is 0 Å². The van der Waals surface area contributed by atoms with Crippen LogP contribution in [0.25, 0.3) is 22.0 Å². The second kappa shape index (κ2) is 7.20. The van der Waals surface area contributed by atoms with Gasteiger partial charge in [-0.3, -0.25) is 9.59 Å². The van der Waals surface area contributed by atoms with Crippen LogP contribution >= 0.6 is 0 Å². The Balaban J connectivity index is 2.21. The number of pyridine rings is 1. The van der Waals surface area contributed by atoms with Gasteiger partial charge in [-0.05, 0) is 25.0 Å². The lowest BCUT2D eigenvalue weighted by Crippen LogP contribution is -2.21. The maximum absolute atomic E-state index is 12.2. The number of para-hydroxylation sites is 1. The number of carbonyl (C=O) groups is 1. The highest BCUT2D eigenvalue weighted by molar-refractivity contribution is 5.98. The summed E-state index contributed by atoms with van der Waals surface area (Å²) in [6, 6.07) is 11.5. The van der Waals surface area contributed by atoms with Crippen LogP contribution in [0.5, 0.6) is 0 Å². The van der Waals surface area contributed by atoms with E-state index in [1.807, 2.05) is 48.0 Å². The minimum Gasteiger partial charge on any atom is -0.468 e. The first-order valence-corrected chi connectivity index (χ1v) is 8.78. The van der Waals surface area contributed by atoms with Crippen LogP contribution in [0.1, 0.15) is 19.5 Å². The van der Waals surface area contributed by atoms with Crippen molar-refractivity contribution in [1.29, 1.82) is 0 Å². The molecule has 5 heteroatoms. The zero-order valence-electron chi connectivity index (χ0n) is 15.7. The summed E-state index contributed by atoms with van der Waals surface area (Å²) in [5, 5.41) is 1.06. The molecule has 0 aliphatic rings. The molecule has 136 valence electrons. The average Bonchev–Trinajstić information content (AvgIpc) is 2.88. The molecule has 0 saturated heterocycles. The van der Waals surface area contributed by atoms with Gasteiger partial charge in [0.15, 0.2) is 0 Å². The zero-order chi connectivity index (χ0) is 18.8. The minimum absolute atomic E-state index is 0.00148. The molecule has 1 aromatic carbocycles. The second-order valence-corrected chi connectivity index (χ2v) is 6.94. The van der Waals surface area contributed by atoms with E-state index in [1.165, 1.54) is 7.11 Å². The van der Waals surface area contributed by atoms with E-state index in [1.54, 1.807) is 10.6 Å². The van der Waals surface area contributed by atoms with Crippen molar-refractivity contribution >= 4 is 16.9 Å². The Morgan fingerprint density at radius 1 is 1.15 bits per heavy atom. The summed E-state index contributed by atoms with van der Waals surface area (Å²) in [5.41, 5.74) is 3.97. The molecule has 0 unspecified atom stereocenters. The summed E-state index contributed by atoms with van der Waals surface area (Å²) in [6.45, 7) is 7.01. The standard InChI is InChI=1S/C21H24N2O3/c1-14(2)11-22-12-16(9-10-19(22)24)21-15(3)23(13-20(25)26-4)18-8-6-5-7-17(18)21/h5-10,12,14H,11,13H2,1-4H3. The van der Waals surface area contributed by atoms with Gasteiger partial charge in [0.25, 0.3) is 5.56 Å². The molecule has 0 aliphatic carbocycles. The van der Waals surface area contributed by atoms with Crippen LogP contribution in [0.3, 0.4) is 0 Å². The van der Waals surface area contributed by atoms with E-state index < -0.39 is 0 Å². The normalized spacial score (nSPS) is 11.3. The molecule has 26 heavy (non-hydrogen) atoms. The van der Waals surface area contributed by atoms with E-state index >= 15 is 0 Å². The largest absolute Gasteiger partial charge is 0.468 e. The molecule has 2 aromatic heterocycles. The molecule has 0 aliphatic heterocycles. The number of ether oxygens (including phenoxy) is 1. The van der Waals surface area contributed by atoms with Crippen LogP contribution in [0.2, 0.25) is 0 Å². The van der Waals surface area contributed by atoms with Gasteiger partial charge >= 0.3 is 5.97 Å². The van der Waals surface area contributed by atoms with Crippen LogP contribution < -0.4 is 5.56 Å². The first kappa shape index (κ1) is 18.0. The topological polar surface area (TPSA) is 53.2 Å². The highest BCUT2D eigenvalue weighted by atomic mass is 16.5. The molecule has 3 rings (SSSR count). The van der Waals surface area contributed by atoms with E-state index in [-0.39, 0.29) is 18.1 Å². The number of rotatable bonds is 5. The van der Waals surface area contributed by atoms with Gasteiger partial charge < -0.3 is 13.9 Å². The molecule has 0 fully saturated rings. The lowest BCUT2D eigenvalue weighted by Gasteiger charge is -2.11. The summed E-state index contributed by atoms with van der Waals surface area (Å²) in [4.78, 5) is 24.0. The van der Waals surface area contributed by atoms with Crippen molar-refractivity contribution in [3.63, 3.8) is 0 Å². The number of esters is 1. The van der Waals surface area contributed by atoms with Gasteiger partial charge in [0.1, 0.15) is 6.54 Å². The van der Waals surface area contributed by atoms with Crippen LogP contribution in [-0.4, -0.2) is 22.2 Å². The third kappa shape index (κ3) is 3.29. The van der Waals surface area contributed by atoms with Crippen molar-refractivity contribution in [2.24, 2.45) is 5.92 Å². The van der Waals surface area contributed by atoms with E-state index in [9.17, 15) is 9.59 Å². The van der Waals surface area contributed by atoms with Crippen LogP contribution in [-0.2, 0) is 22.6 Å². The summed E-state index contributed by atoms with van der Waals surface area (Å²) in [5.74, 6) is 0.0925. The van der Waals surface area contributed by atoms with Crippen LogP contribution in [0.15, 0.2) is 47.4 Å². The molecule has 0 saturated carbocycles. The van der Waals surface area contributed by atoms with Crippen molar-refractivity contribution in [1.82, 2.24) is 9.13 Å². The van der Waals surface area contributed by atoms with Crippen molar-refractivity contribution < 1.29 is 9.53 Å². The van der Waals surface area contributed by atoms with E-state index in [0.29, 0.717) is 12.5 Å². The van der Waals surface area contributed by atoms with Crippen LogP contribution in [0, 0.1) is 12.8 Å². The molecule has 0 N–H and O–H groups in total. The van der Waals surface area contributed by atoms with Crippen molar-refractivity contribution in [3.8, 4) is 11.1 Å². The SMILES string of the molecule is COC(=O)Cn1c(C)c(-c2ccc(=O)n(CC(C)C)c2)c2ccccc21. The number of hydrogen-bond donors (Lipinski definition) is 0. The first-order chi connectivity index (χ1) is 12.4. The van der Waals surface area contributed by atoms with Crippen LogP contribution in [0.4, 0.5) is 0 Å². The molecule has 0 bridgehead atoms. The molecule has 0 atom stereocenters. The Labute approximate surface area is 152 Å². The lowest BCUT2D eigenvalue weighted by atomic mass is 10.0. The van der Waals surface area contributed by atoms with Crippen molar-refractivity contribution in [2.75, 3.05) is 7.11 Å². The average molecular weight is 352 g/mol. The molecule has 0 spiro atoms. The Hall–Kier alpha value is -2.82. The monoisotopic (exact) mass is 352 g/mol. The maximum Gasteiger partial charge on any atom is 0.325 e. The fourth-order valence-electron chi connectivity index (χ4n) is 3.41. The Morgan fingerprint density at radius 3 is 2.58 bits per heavy atom. The number of benzene rings is 1. The van der Waals surface area contributed by atoms with Gasteiger partial charge in [0.2, 0.25) is 0 Å². The molecule has 5 nitrogen and oxygen atoms in total. The fourth-order valence-corrected chi connectivity index (χ4v) is 3.41. The quantitative estimate of drug-likeness (QED) is 0.659. The molecule has 0 amide bonds. The van der Waals surface area contributed by atoms with E-state index in [4.69, 9.17) is 4.74 Å². The highest BCUT2D eigenvalue weighted by Gasteiger charge is 2.18. The Morgan fingerprint density at radius 2 is 1.88 bits per heavy atom. The molecule has 2 heterocycles. The van der Waals surface area contributed by atoms with Crippen molar-refractivity contribution in [2.45, 2.75) is 33.9 Å². The smallest absolute Gasteiger partial charge is 0.325 e. The summed E-state index contributed by atoms with van der Waals surface area (Å²) in [6.07, 6.45) is 1.92. The Kier molecular flexibility index (Phi) is 4.98. The minimum atomic E-state index is -0.287. The maximum atomic E-state index is 12.2. The van der Waals surface area contributed by atoms with Gasteiger partial charge in [-0.1, -0.05) is 32.0 Å². The zero-order valence-corrected chi connectivity index (χ0v) is 15.7. The number of nitrogens with zero attached hydrogens (tertiary/aromatic N) is 2. The summed E-state index contributed by atoms with van der Waals surface area (Å²) < 4.78 is 8.57. The predicted molar refractivity (Wildman–Crippen MR) is 103 cm³/mol. The molecule has 3 aromatic rings. The molecular weight excluding hydrogens is 328 g/mol. The van der Waals surface area contributed by atoms with Gasteiger partial charge in [0, 0.05) is 46.5 Å². The lowest BCUT2D eigenvalue weighted by molar-refractivity contribution is -0.141. The van der Waals surface area contributed by atoms with Gasteiger partial charge in [-0.2, -0.15) is 0 Å². The predicted octanol–water partition coefficient (Wildman–Crippen LogP) is 3.61. The third-order valence-electron chi connectivity index (χ3n) is 4.58. The highest BCUT2D eigenvalue weighted by Crippen LogP contribution is 2.34. The van der Waals surface area contributed by atoms with Gasteiger partial charge in [-0.15, -0.1) is 0 Å². The fraction of sp³-hybridized carbons (Fsp3) is 0.333. The Bertz CT molecular complexity index is 1010. The number of hydrogen-bond acceptors (Lipinski definition) is 3. The molecule has 0 radical (unpaired) electrons. The second-order valence-electron chi connectivity index (χ2n) is 6.94. The summed E-state index contributed by atoms with van der Waals surface area (Å²) >= 11 is 0. The number of fused-ring (bicyclic) bond motifs is 1.